The first-order valence-corrected chi connectivity index (χ1v) is 8.81. The highest BCUT2D eigenvalue weighted by atomic mass is 32.2. The zero-order chi connectivity index (χ0) is 17.3. The maximum atomic E-state index is 11.2. The van der Waals surface area contributed by atoms with E-state index in [1.54, 1.807) is 0 Å². The molecule has 7 nitrogen and oxygen atoms in total. The molecule has 0 saturated heterocycles. The van der Waals surface area contributed by atoms with Crippen molar-refractivity contribution in [1.29, 1.82) is 0 Å². The lowest BCUT2D eigenvalue weighted by Crippen LogP contribution is -2.43. The monoisotopic (exact) mass is 339 g/mol. The number of hydrogen-bond acceptors (Lipinski definition) is 4. The molecular weight excluding hydrogens is 318 g/mol. The molecule has 2 rings (SSSR count). The summed E-state index contributed by atoms with van der Waals surface area (Å²) in [6.07, 6.45) is 0.715. The molecule has 0 aliphatic heterocycles. The molecule has 0 radical (unpaired) electrons. The Morgan fingerprint density at radius 3 is 2.35 bits per heavy atom. The van der Waals surface area contributed by atoms with Crippen LogP contribution in [0.5, 0.6) is 0 Å². The quantitative estimate of drug-likeness (QED) is 0.501. The normalized spacial score (nSPS) is 10.6. The molecular formula is C15H21N3O4S. The summed E-state index contributed by atoms with van der Waals surface area (Å²) in [6, 6.07) is 14.2. The van der Waals surface area contributed by atoms with Gasteiger partial charge in [0.15, 0.2) is 0 Å². The molecule has 23 heavy (non-hydrogen) atoms. The third-order valence-corrected chi connectivity index (χ3v) is 2.65. The molecule has 8 heteroatoms. The fourth-order valence-electron chi connectivity index (χ4n) is 1.78. The summed E-state index contributed by atoms with van der Waals surface area (Å²) in [4.78, 5) is 11.2. The molecule has 126 valence electrons. The van der Waals surface area contributed by atoms with Crippen molar-refractivity contribution in [2.75, 3.05) is 12.8 Å². The Morgan fingerprint density at radius 1 is 1.13 bits per heavy atom. The SMILES string of the molecule is CCNC(=O)NNCc1ccc2ccccc2c1.CS(=O)(=O)O. The molecule has 2 aromatic rings. The van der Waals surface area contributed by atoms with E-state index in [4.69, 9.17) is 4.55 Å². The van der Waals surface area contributed by atoms with Gasteiger partial charge in [0.25, 0.3) is 10.1 Å². The molecule has 0 aliphatic carbocycles. The molecule has 0 spiro atoms. The summed E-state index contributed by atoms with van der Waals surface area (Å²) >= 11 is 0. The fraction of sp³-hybridized carbons (Fsp3) is 0.267. The number of urea groups is 1. The van der Waals surface area contributed by atoms with Crippen molar-refractivity contribution < 1.29 is 17.8 Å². The van der Waals surface area contributed by atoms with Gasteiger partial charge in [0, 0.05) is 13.1 Å². The van der Waals surface area contributed by atoms with Gasteiger partial charge < -0.3 is 5.32 Å². The smallest absolute Gasteiger partial charge is 0.329 e. The van der Waals surface area contributed by atoms with Crippen LogP contribution in [0.1, 0.15) is 12.5 Å². The zero-order valence-corrected chi connectivity index (χ0v) is 13.9. The largest absolute Gasteiger partial charge is 0.337 e. The Kier molecular flexibility index (Phi) is 7.46. The second kappa shape index (κ2) is 9.09. The average molecular weight is 339 g/mol. The number of hydrogen-bond donors (Lipinski definition) is 4. The van der Waals surface area contributed by atoms with Crippen molar-refractivity contribution in [2.45, 2.75) is 13.5 Å². The predicted octanol–water partition coefficient (Wildman–Crippen LogP) is 1.67. The highest BCUT2D eigenvalue weighted by Gasteiger charge is 1.98. The van der Waals surface area contributed by atoms with Crippen LogP contribution < -0.4 is 16.2 Å². The van der Waals surface area contributed by atoms with Crippen molar-refractivity contribution in [2.24, 2.45) is 0 Å². The van der Waals surface area contributed by atoms with E-state index in [1.807, 2.05) is 19.1 Å². The maximum absolute atomic E-state index is 11.2. The summed E-state index contributed by atoms with van der Waals surface area (Å²) in [5.74, 6) is 0. The third-order valence-electron chi connectivity index (χ3n) is 2.65. The van der Waals surface area contributed by atoms with Crippen molar-refractivity contribution in [3.05, 3.63) is 48.0 Å². The molecule has 0 unspecified atom stereocenters. The van der Waals surface area contributed by atoms with E-state index >= 15 is 0 Å². The zero-order valence-electron chi connectivity index (χ0n) is 13.0. The fourth-order valence-corrected chi connectivity index (χ4v) is 1.78. The van der Waals surface area contributed by atoms with Crippen LogP contribution >= 0.6 is 0 Å². The molecule has 0 aliphatic rings. The van der Waals surface area contributed by atoms with Gasteiger partial charge in [-0.05, 0) is 29.3 Å². The van der Waals surface area contributed by atoms with Crippen molar-refractivity contribution in [3.63, 3.8) is 0 Å². The van der Waals surface area contributed by atoms with Crippen LogP contribution in [0.3, 0.4) is 0 Å². The van der Waals surface area contributed by atoms with Crippen molar-refractivity contribution >= 4 is 26.9 Å². The first kappa shape index (κ1) is 18.9. The summed E-state index contributed by atoms with van der Waals surface area (Å²) in [5, 5.41) is 5.07. The molecule has 0 fully saturated rings. The van der Waals surface area contributed by atoms with E-state index in [2.05, 4.69) is 46.5 Å². The average Bonchev–Trinajstić information content (AvgIpc) is 2.46. The van der Waals surface area contributed by atoms with Crippen molar-refractivity contribution in [1.82, 2.24) is 16.2 Å². The Morgan fingerprint density at radius 2 is 1.74 bits per heavy atom. The second-order valence-electron chi connectivity index (χ2n) is 4.75. The van der Waals surface area contributed by atoms with Crippen LogP contribution in [-0.2, 0) is 16.7 Å². The summed E-state index contributed by atoms with van der Waals surface area (Å²) in [7, 11) is -3.67. The van der Waals surface area contributed by atoms with Crippen LogP contribution in [0.15, 0.2) is 42.5 Å². The lowest BCUT2D eigenvalue weighted by molar-refractivity contribution is 0.237. The number of carbonyl (C=O) groups is 1. The number of nitrogens with one attached hydrogen (secondary N) is 3. The van der Waals surface area contributed by atoms with Gasteiger partial charge in [-0.2, -0.15) is 8.42 Å². The minimum absolute atomic E-state index is 0.210. The number of hydrazine groups is 1. The maximum Gasteiger partial charge on any atom is 0.329 e. The lowest BCUT2D eigenvalue weighted by Gasteiger charge is -2.08. The summed E-state index contributed by atoms with van der Waals surface area (Å²) in [5.41, 5.74) is 6.60. The van der Waals surface area contributed by atoms with E-state index in [-0.39, 0.29) is 6.03 Å². The lowest BCUT2D eigenvalue weighted by atomic mass is 10.1. The number of rotatable bonds is 4. The number of fused-ring (bicyclic) bond motifs is 1. The molecule has 0 heterocycles. The van der Waals surface area contributed by atoms with Gasteiger partial charge >= 0.3 is 6.03 Å². The van der Waals surface area contributed by atoms with E-state index in [9.17, 15) is 13.2 Å². The van der Waals surface area contributed by atoms with E-state index in [0.717, 1.165) is 5.56 Å². The second-order valence-corrected chi connectivity index (χ2v) is 6.22. The highest BCUT2D eigenvalue weighted by Crippen LogP contribution is 2.15. The number of carbonyl (C=O) groups excluding carboxylic acids is 1. The van der Waals surface area contributed by atoms with Crippen LogP contribution in [0.4, 0.5) is 4.79 Å². The van der Waals surface area contributed by atoms with Gasteiger partial charge in [0.05, 0.1) is 6.26 Å². The molecule has 4 N–H and O–H groups in total. The molecule has 0 aromatic heterocycles. The minimum Gasteiger partial charge on any atom is -0.337 e. The Labute approximate surface area is 135 Å². The van der Waals surface area contributed by atoms with Crippen LogP contribution in [0.25, 0.3) is 10.8 Å². The van der Waals surface area contributed by atoms with Gasteiger partial charge in [0.1, 0.15) is 0 Å². The standard InChI is InChI=1S/C14H17N3O.CH4O3S/c1-2-15-14(18)17-16-10-11-7-8-12-5-3-4-6-13(12)9-11;1-5(2,3)4/h3-9,16H,2,10H2,1H3,(H2,15,17,18);1H3,(H,2,3,4). The highest BCUT2D eigenvalue weighted by molar-refractivity contribution is 7.85. The van der Waals surface area contributed by atoms with Crippen molar-refractivity contribution in [3.8, 4) is 0 Å². The summed E-state index contributed by atoms with van der Waals surface area (Å²) in [6.45, 7) is 3.09. The van der Waals surface area contributed by atoms with E-state index in [0.29, 0.717) is 19.3 Å². The van der Waals surface area contributed by atoms with Crippen LogP contribution in [0, 0.1) is 0 Å². The Balaban J connectivity index is 0.000000463. The Bertz CT molecular complexity index is 739. The third kappa shape index (κ3) is 8.77. The topological polar surface area (TPSA) is 108 Å². The van der Waals surface area contributed by atoms with Crippen LogP contribution in [0.2, 0.25) is 0 Å². The van der Waals surface area contributed by atoms with E-state index < -0.39 is 10.1 Å². The molecule has 0 bridgehead atoms. The molecule has 2 aromatic carbocycles. The molecule has 0 atom stereocenters. The molecule has 0 saturated carbocycles. The minimum atomic E-state index is -3.67. The predicted molar refractivity (Wildman–Crippen MR) is 90.5 cm³/mol. The van der Waals surface area contributed by atoms with Crippen LogP contribution in [-0.4, -0.2) is 31.8 Å². The van der Waals surface area contributed by atoms with Gasteiger partial charge in [0.2, 0.25) is 0 Å². The van der Waals surface area contributed by atoms with E-state index in [1.165, 1.54) is 10.8 Å². The van der Waals surface area contributed by atoms with Gasteiger partial charge in [-0.25, -0.2) is 10.2 Å². The number of amides is 2. The summed E-state index contributed by atoms with van der Waals surface area (Å²) < 4.78 is 25.9. The van der Waals surface area contributed by atoms with Gasteiger partial charge in [-0.15, -0.1) is 0 Å². The first-order chi connectivity index (χ1) is 10.8. The number of benzene rings is 2. The van der Waals surface area contributed by atoms with Gasteiger partial charge in [-0.1, -0.05) is 36.4 Å². The van der Waals surface area contributed by atoms with Gasteiger partial charge in [-0.3, -0.25) is 9.98 Å². The molecule has 2 amide bonds. The Hall–Kier alpha value is -2.16. The first-order valence-electron chi connectivity index (χ1n) is 6.96.